The van der Waals surface area contributed by atoms with E-state index >= 15 is 0 Å². The highest BCUT2D eigenvalue weighted by Crippen LogP contribution is 2.38. The first-order chi connectivity index (χ1) is 7.59. The number of hydrogen-bond acceptors (Lipinski definition) is 1. The van der Waals surface area contributed by atoms with Crippen molar-refractivity contribution in [1.29, 1.82) is 0 Å². The summed E-state index contributed by atoms with van der Waals surface area (Å²) in [5, 5.41) is 1.14. The van der Waals surface area contributed by atoms with E-state index in [2.05, 4.69) is 4.98 Å². The van der Waals surface area contributed by atoms with Crippen molar-refractivity contribution in [3.05, 3.63) is 51.5 Å². The first-order valence-electron chi connectivity index (χ1n) is 4.35. The van der Waals surface area contributed by atoms with Gasteiger partial charge in [-0.05, 0) is 12.1 Å². The van der Waals surface area contributed by atoms with Crippen LogP contribution in [0, 0.1) is 5.95 Å². The van der Waals surface area contributed by atoms with Crippen LogP contribution in [0.15, 0.2) is 30.5 Å². The lowest BCUT2D eigenvalue weighted by Gasteiger charge is -2.08. The van der Waals surface area contributed by atoms with Crippen LogP contribution in [-0.4, -0.2) is 4.98 Å². The van der Waals surface area contributed by atoms with Crippen LogP contribution in [0.2, 0.25) is 15.1 Å². The van der Waals surface area contributed by atoms with Crippen molar-refractivity contribution in [3.8, 4) is 11.1 Å². The van der Waals surface area contributed by atoms with Crippen LogP contribution in [0.4, 0.5) is 4.39 Å². The second kappa shape index (κ2) is 4.58. The van der Waals surface area contributed by atoms with Crippen molar-refractivity contribution >= 4 is 34.8 Å². The first-order valence-corrected chi connectivity index (χ1v) is 5.48. The Labute approximate surface area is 107 Å². The molecule has 0 atom stereocenters. The highest BCUT2D eigenvalue weighted by Gasteiger charge is 2.12. The molecule has 16 heavy (non-hydrogen) atoms. The number of nitrogens with zero attached hydrogens (tertiary/aromatic N) is 1. The van der Waals surface area contributed by atoms with Gasteiger partial charge in [0.1, 0.15) is 0 Å². The van der Waals surface area contributed by atoms with E-state index in [9.17, 15) is 4.39 Å². The van der Waals surface area contributed by atoms with Gasteiger partial charge in [0.05, 0.1) is 5.02 Å². The summed E-state index contributed by atoms with van der Waals surface area (Å²) in [5.41, 5.74) is 0.946. The molecule has 0 unspecified atom stereocenters. The molecule has 0 fully saturated rings. The third kappa shape index (κ3) is 2.14. The number of benzene rings is 1. The summed E-state index contributed by atoms with van der Waals surface area (Å²) in [6.45, 7) is 0. The summed E-state index contributed by atoms with van der Waals surface area (Å²) in [5.74, 6) is -0.629. The van der Waals surface area contributed by atoms with Gasteiger partial charge in [0, 0.05) is 33.4 Å². The molecule has 0 aliphatic heterocycles. The largest absolute Gasteiger partial charge is 0.227 e. The van der Waals surface area contributed by atoms with E-state index in [1.807, 2.05) is 0 Å². The van der Waals surface area contributed by atoms with Gasteiger partial charge in [-0.15, -0.1) is 0 Å². The Morgan fingerprint density at radius 2 is 1.62 bits per heavy atom. The smallest absolute Gasteiger partial charge is 0.213 e. The molecule has 0 spiro atoms. The van der Waals surface area contributed by atoms with Gasteiger partial charge in [0.25, 0.3) is 0 Å². The molecular formula is C11H5Cl3FN. The molecule has 0 saturated heterocycles. The van der Waals surface area contributed by atoms with E-state index < -0.39 is 5.95 Å². The van der Waals surface area contributed by atoms with Gasteiger partial charge in [-0.2, -0.15) is 4.39 Å². The minimum atomic E-state index is -0.629. The Hall–Kier alpha value is -0.830. The summed E-state index contributed by atoms with van der Waals surface area (Å²) < 4.78 is 13.0. The molecule has 2 aromatic rings. The Kier molecular flexibility index (Phi) is 3.33. The molecule has 1 heterocycles. The van der Waals surface area contributed by atoms with Crippen LogP contribution < -0.4 is 0 Å². The zero-order valence-corrected chi connectivity index (χ0v) is 10.1. The average Bonchev–Trinajstić information content (AvgIpc) is 2.23. The molecule has 1 aromatic heterocycles. The Morgan fingerprint density at radius 1 is 1.00 bits per heavy atom. The topological polar surface area (TPSA) is 12.9 Å². The summed E-state index contributed by atoms with van der Waals surface area (Å²) in [4.78, 5) is 3.44. The molecule has 0 radical (unpaired) electrons. The van der Waals surface area contributed by atoms with E-state index in [0.717, 1.165) is 0 Å². The standard InChI is InChI=1S/C11H5Cl3FN/c12-7-2-1-3-8(13)11(7)6-4-10(15)16-5-9(6)14/h1-5H. The SMILES string of the molecule is Fc1cc(-c2c(Cl)cccc2Cl)c(Cl)cn1. The van der Waals surface area contributed by atoms with E-state index in [-0.39, 0.29) is 0 Å². The van der Waals surface area contributed by atoms with Gasteiger partial charge in [-0.25, -0.2) is 4.98 Å². The molecule has 2 rings (SSSR count). The van der Waals surface area contributed by atoms with Gasteiger partial charge in [-0.3, -0.25) is 0 Å². The number of pyridine rings is 1. The van der Waals surface area contributed by atoms with Crippen molar-refractivity contribution in [1.82, 2.24) is 4.98 Å². The summed E-state index contributed by atoms with van der Waals surface area (Å²) in [6, 6.07) is 6.24. The third-order valence-electron chi connectivity index (χ3n) is 2.05. The Balaban J connectivity index is 2.72. The maximum atomic E-state index is 13.0. The normalized spacial score (nSPS) is 10.5. The molecule has 0 bridgehead atoms. The number of rotatable bonds is 1. The highest BCUT2D eigenvalue weighted by atomic mass is 35.5. The van der Waals surface area contributed by atoms with E-state index in [1.54, 1.807) is 18.2 Å². The number of halogens is 4. The van der Waals surface area contributed by atoms with Gasteiger partial charge in [-0.1, -0.05) is 40.9 Å². The van der Waals surface area contributed by atoms with Crippen LogP contribution in [0.1, 0.15) is 0 Å². The number of aromatic nitrogens is 1. The Morgan fingerprint density at radius 3 is 2.25 bits per heavy atom. The van der Waals surface area contributed by atoms with Gasteiger partial charge >= 0.3 is 0 Å². The lowest BCUT2D eigenvalue weighted by molar-refractivity contribution is 0.584. The minimum absolute atomic E-state index is 0.302. The molecule has 0 amide bonds. The minimum Gasteiger partial charge on any atom is -0.227 e. The zero-order valence-electron chi connectivity index (χ0n) is 7.85. The predicted octanol–water partition coefficient (Wildman–Crippen LogP) is 4.85. The van der Waals surface area contributed by atoms with E-state index in [1.165, 1.54) is 12.3 Å². The van der Waals surface area contributed by atoms with Crippen LogP contribution >= 0.6 is 34.8 Å². The van der Waals surface area contributed by atoms with Crippen molar-refractivity contribution in [2.24, 2.45) is 0 Å². The van der Waals surface area contributed by atoms with Crippen LogP contribution in [0.25, 0.3) is 11.1 Å². The maximum absolute atomic E-state index is 13.0. The lowest BCUT2D eigenvalue weighted by Crippen LogP contribution is -1.88. The fourth-order valence-electron chi connectivity index (χ4n) is 1.36. The second-order valence-electron chi connectivity index (χ2n) is 3.08. The van der Waals surface area contributed by atoms with Gasteiger partial charge < -0.3 is 0 Å². The summed E-state index contributed by atoms with van der Waals surface area (Å²) >= 11 is 17.9. The van der Waals surface area contributed by atoms with Gasteiger partial charge in [0.2, 0.25) is 5.95 Å². The second-order valence-corrected chi connectivity index (χ2v) is 4.31. The summed E-state index contributed by atoms with van der Waals surface area (Å²) in [7, 11) is 0. The van der Waals surface area contributed by atoms with Crippen LogP contribution in [0.5, 0.6) is 0 Å². The molecular weight excluding hydrogens is 271 g/mol. The van der Waals surface area contributed by atoms with Crippen molar-refractivity contribution in [3.63, 3.8) is 0 Å². The van der Waals surface area contributed by atoms with Crippen molar-refractivity contribution < 1.29 is 4.39 Å². The summed E-state index contributed by atoms with van der Waals surface area (Å²) in [6.07, 6.45) is 1.23. The first kappa shape index (κ1) is 11.6. The molecule has 1 nitrogen and oxygen atoms in total. The van der Waals surface area contributed by atoms with Gasteiger partial charge in [0.15, 0.2) is 0 Å². The molecule has 0 aliphatic rings. The highest BCUT2D eigenvalue weighted by molar-refractivity contribution is 6.41. The molecule has 0 N–H and O–H groups in total. The Bertz CT molecular complexity index is 522. The predicted molar refractivity (Wildman–Crippen MR) is 64.7 cm³/mol. The molecule has 1 aromatic carbocycles. The fourth-order valence-corrected chi connectivity index (χ4v) is 2.16. The van der Waals surface area contributed by atoms with E-state index in [0.29, 0.717) is 26.2 Å². The maximum Gasteiger partial charge on any atom is 0.213 e. The average molecular weight is 277 g/mol. The molecule has 0 aliphatic carbocycles. The van der Waals surface area contributed by atoms with E-state index in [4.69, 9.17) is 34.8 Å². The molecule has 5 heteroatoms. The third-order valence-corrected chi connectivity index (χ3v) is 2.99. The molecule has 0 saturated carbocycles. The van der Waals surface area contributed by atoms with Crippen molar-refractivity contribution in [2.75, 3.05) is 0 Å². The van der Waals surface area contributed by atoms with Crippen LogP contribution in [0.3, 0.4) is 0 Å². The number of hydrogen-bond donors (Lipinski definition) is 0. The van der Waals surface area contributed by atoms with Crippen molar-refractivity contribution in [2.45, 2.75) is 0 Å². The molecule has 82 valence electrons. The lowest BCUT2D eigenvalue weighted by atomic mass is 10.1. The monoisotopic (exact) mass is 275 g/mol. The quantitative estimate of drug-likeness (QED) is 0.679. The fraction of sp³-hybridized carbons (Fsp3) is 0. The van der Waals surface area contributed by atoms with Crippen LogP contribution in [-0.2, 0) is 0 Å². The zero-order chi connectivity index (χ0) is 11.7.